The van der Waals surface area contributed by atoms with E-state index in [0.717, 1.165) is 13.0 Å². The minimum Gasteiger partial charge on any atom is -0.359 e. The molecule has 0 N–H and O–H groups in total. The van der Waals surface area contributed by atoms with Gasteiger partial charge < -0.3 is 9.80 Å². The fourth-order valence-corrected chi connectivity index (χ4v) is 2.10. The minimum atomic E-state index is 0. The molecule has 2 rings (SSSR count). The quantitative estimate of drug-likeness (QED) is 0.799. The lowest BCUT2D eigenvalue weighted by Gasteiger charge is -2.29. The van der Waals surface area contributed by atoms with Crippen LogP contribution >= 0.6 is 12.4 Å². The highest BCUT2D eigenvalue weighted by Crippen LogP contribution is 2.19. The summed E-state index contributed by atoms with van der Waals surface area (Å²) in [5.41, 5.74) is 1.37. The van der Waals surface area contributed by atoms with Gasteiger partial charge in [0.2, 0.25) is 0 Å². The maximum absolute atomic E-state index is 2.38. The fraction of sp³-hybridized carbons (Fsp3) is 0.385. The van der Waals surface area contributed by atoms with Crippen molar-refractivity contribution in [3.05, 3.63) is 48.3 Å². The average molecular weight is 239 g/mol. The van der Waals surface area contributed by atoms with Gasteiger partial charge in [0, 0.05) is 26.0 Å². The fourth-order valence-electron chi connectivity index (χ4n) is 2.10. The molecule has 2 nitrogen and oxygen atoms in total. The Bertz CT molecular complexity index is 337. The summed E-state index contributed by atoms with van der Waals surface area (Å²) in [6.07, 6.45) is 6.00. The molecule has 0 spiro atoms. The van der Waals surface area contributed by atoms with Gasteiger partial charge in [-0.2, -0.15) is 0 Å². The Labute approximate surface area is 104 Å². The van der Waals surface area contributed by atoms with Crippen molar-refractivity contribution in [2.24, 2.45) is 0 Å². The summed E-state index contributed by atoms with van der Waals surface area (Å²) in [6.45, 7) is 3.23. The molecule has 0 radical (unpaired) electrons. The van der Waals surface area contributed by atoms with Crippen LogP contribution in [0.2, 0.25) is 0 Å². The number of hydrogen-bond donors (Lipinski definition) is 0. The molecule has 1 aliphatic rings. The molecular formula is C13H19ClN2. The Kier molecular flexibility index (Phi) is 4.69. The zero-order valence-electron chi connectivity index (χ0n) is 9.84. The standard InChI is InChI=1S/C13H18N2.ClH/c1-3-13-14(2)9-10-15(13)11-12-7-5-4-6-8-12;/h4-10,13H,3,11H2,1-2H3;1H. The lowest BCUT2D eigenvalue weighted by Crippen LogP contribution is -2.35. The van der Waals surface area contributed by atoms with Crippen molar-refractivity contribution >= 4 is 12.4 Å². The van der Waals surface area contributed by atoms with Crippen molar-refractivity contribution in [2.75, 3.05) is 7.05 Å². The van der Waals surface area contributed by atoms with E-state index in [9.17, 15) is 0 Å². The third-order valence-corrected chi connectivity index (χ3v) is 2.92. The third kappa shape index (κ3) is 2.70. The van der Waals surface area contributed by atoms with Crippen LogP contribution in [0.5, 0.6) is 0 Å². The molecule has 0 fully saturated rings. The smallest absolute Gasteiger partial charge is 0.100 e. The molecule has 1 atom stereocenters. The number of benzene rings is 1. The summed E-state index contributed by atoms with van der Waals surface area (Å²) >= 11 is 0. The normalized spacial score (nSPS) is 18.8. The van der Waals surface area contributed by atoms with Gasteiger partial charge >= 0.3 is 0 Å². The first-order chi connectivity index (χ1) is 7.31. The number of halogens is 1. The van der Waals surface area contributed by atoms with Crippen molar-refractivity contribution in [1.82, 2.24) is 9.80 Å². The van der Waals surface area contributed by atoms with Crippen LogP contribution in [-0.2, 0) is 6.54 Å². The topological polar surface area (TPSA) is 6.48 Å². The predicted octanol–water partition coefficient (Wildman–Crippen LogP) is 3.06. The van der Waals surface area contributed by atoms with Gasteiger partial charge in [0.15, 0.2) is 0 Å². The van der Waals surface area contributed by atoms with E-state index in [1.807, 2.05) is 0 Å². The monoisotopic (exact) mass is 238 g/mol. The molecule has 1 unspecified atom stereocenters. The highest BCUT2D eigenvalue weighted by molar-refractivity contribution is 5.85. The van der Waals surface area contributed by atoms with E-state index in [2.05, 4.69) is 66.5 Å². The Morgan fingerprint density at radius 1 is 1.12 bits per heavy atom. The van der Waals surface area contributed by atoms with Gasteiger partial charge in [0.1, 0.15) is 6.17 Å². The largest absolute Gasteiger partial charge is 0.359 e. The summed E-state index contributed by atoms with van der Waals surface area (Å²) < 4.78 is 0. The summed E-state index contributed by atoms with van der Waals surface area (Å²) in [6, 6.07) is 10.6. The zero-order chi connectivity index (χ0) is 10.7. The number of nitrogens with zero attached hydrogens (tertiary/aromatic N) is 2. The first-order valence-corrected chi connectivity index (χ1v) is 5.51. The summed E-state index contributed by atoms with van der Waals surface area (Å²) in [4.78, 5) is 4.65. The second-order valence-electron chi connectivity index (χ2n) is 4.01. The third-order valence-electron chi connectivity index (χ3n) is 2.92. The molecule has 16 heavy (non-hydrogen) atoms. The SMILES string of the molecule is CCC1N(C)C=CN1Cc1ccccc1.Cl. The van der Waals surface area contributed by atoms with E-state index in [1.54, 1.807) is 0 Å². The Morgan fingerprint density at radius 3 is 2.44 bits per heavy atom. The molecule has 1 aromatic rings. The van der Waals surface area contributed by atoms with Crippen molar-refractivity contribution in [1.29, 1.82) is 0 Å². The first-order valence-electron chi connectivity index (χ1n) is 5.51. The molecular weight excluding hydrogens is 220 g/mol. The van der Waals surface area contributed by atoms with Crippen molar-refractivity contribution in [3.8, 4) is 0 Å². The van der Waals surface area contributed by atoms with Crippen LogP contribution in [-0.4, -0.2) is 23.0 Å². The van der Waals surface area contributed by atoms with Gasteiger partial charge in [0.25, 0.3) is 0 Å². The van der Waals surface area contributed by atoms with E-state index in [0.29, 0.717) is 6.17 Å². The van der Waals surface area contributed by atoms with Crippen LogP contribution in [0.3, 0.4) is 0 Å². The predicted molar refractivity (Wildman–Crippen MR) is 70.2 cm³/mol. The maximum atomic E-state index is 2.38. The summed E-state index contributed by atoms with van der Waals surface area (Å²) in [5, 5.41) is 0. The van der Waals surface area contributed by atoms with Crippen LogP contribution in [0.25, 0.3) is 0 Å². The van der Waals surface area contributed by atoms with Crippen molar-refractivity contribution in [3.63, 3.8) is 0 Å². The Hall–Kier alpha value is -1.15. The lowest BCUT2D eigenvalue weighted by molar-refractivity contribution is 0.165. The maximum Gasteiger partial charge on any atom is 0.100 e. The molecule has 0 aromatic heterocycles. The Balaban J connectivity index is 0.00000128. The van der Waals surface area contributed by atoms with Gasteiger partial charge in [-0.15, -0.1) is 12.4 Å². The zero-order valence-corrected chi connectivity index (χ0v) is 10.7. The van der Waals surface area contributed by atoms with E-state index >= 15 is 0 Å². The second kappa shape index (κ2) is 5.80. The van der Waals surface area contributed by atoms with Crippen LogP contribution in [0, 0.1) is 0 Å². The van der Waals surface area contributed by atoms with Gasteiger partial charge in [-0.05, 0) is 12.0 Å². The van der Waals surface area contributed by atoms with Gasteiger partial charge in [0.05, 0.1) is 0 Å². The van der Waals surface area contributed by atoms with Crippen LogP contribution in [0.15, 0.2) is 42.7 Å². The summed E-state index contributed by atoms with van der Waals surface area (Å²) in [7, 11) is 2.13. The highest BCUT2D eigenvalue weighted by Gasteiger charge is 2.21. The van der Waals surface area contributed by atoms with Crippen LogP contribution in [0.1, 0.15) is 18.9 Å². The molecule has 1 heterocycles. The second-order valence-corrected chi connectivity index (χ2v) is 4.01. The molecule has 1 aliphatic heterocycles. The molecule has 0 aliphatic carbocycles. The molecule has 0 saturated carbocycles. The number of rotatable bonds is 3. The van der Waals surface area contributed by atoms with E-state index in [-0.39, 0.29) is 12.4 Å². The van der Waals surface area contributed by atoms with Crippen molar-refractivity contribution < 1.29 is 0 Å². The minimum absolute atomic E-state index is 0. The Morgan fingerprint density at radius 2 is 1.81 bits per heavy atom. The van der Waals surface area contributed by atoms with Gasteiger partial charge in [-0.25, -0.2) is 0 Å². The molecule has 0 saturated heterocycles. The first kappa shape index (κ1) is 12.9. The number of hydrogen-bond acceptors (Lipinski definition) is 2. The highest BCUT2D eigenvalue weighted by atomic mass is 35.5. The van der Waals surface area contributed by atoms with Crippen LogP contribution in [0.4, 0.5) is 0 Å². The molecule has 0 bridgehead atoms. The molecule has 88 valence electrons. The van der Waals surface area contributed by atoms with Gasteiger partial charge in [-0.1, -0.05) is 37.3 Å². The lowest BCUT2D eigenvalue weighted by atomic mass is 10.2. The molecule has 1 aromatic carbocycles. The van der Waals surface area contributed by atoms with E-state index in [1.165, 1.54) is 5.56 Å². The van der Waals surface area contributed by atoms with E-state index < -0.39 is 0 Å². The van der Waals surface area contributed by atoms with Crippen LogP contribution < -0.4 is 0 Å². The van der Waals surface area contributed by atoms with E-state index in [4.69, 9.17) is 0 Å². The van der Waals surface area contributed by atoms with Crippen molar-refractivity contribution in [2.45, 2.75) is 26.1 Å². The molecule has 0 amide bonds. The summed E-state index contributed by atoms with van der Waals surface area (Å²) in [5.74, 6) is 0. The average Bonchev–Trinajstić information content (AvgIpc) is 2.61. The van der Waals surface area contributed by atoms with Gasteiger partial charge in [-0.3, -0.25) is 0 Å². The molecule has 3 heteroatoms.